The molecule has 2 N–H and O–H groups in total. The third kappa shape index (κ3) is 3.20. The molecule has 0 fully saturated rings. The highest BCUT2D eigenvalue weighted by Gasteiger charge is 2.06. The Bertz CT molecular complexity index is 495. The van der Waals surface area contributed by atoms with Crippen LogP contribution in [0.2, 0.25) is 0 Å². The van der Waals surface area contributed by atoms with Crippen molar-refractivity contribution in [2.75, 3.05) is 23.4 Å². The van der Waals surface area contributed by atoms with Gasteiger partial charge in [0, 0.05) is 23.7 Å². The van der Waals surface area contributed by atoms with E-state index in [1.807, 2.05) is 18.8 Å². The fraction of sp³-hybridized carbons (Fsp3) is 0.308. The molecule has 0 aliphatic heterocycles. The van der Waals surface area contributed by atoms with Crippen molar-refractivity contribution in [3.8, 4) is 0 Å². The maximum Gasteiger partial charge on any atom is 0.167 e. The molecule has 0 unspecified atom stereocenters. The highest BCUT2D eigenvalue weighted by atomic mass is 32.2. The lowest BCUT2D eigenvalue weighted by molar-refractivity contribution is 0.385. The molecule has 4 nitrogen and oxygen atoms in total. The van der Waals surface area contributed by atoms with Gasteiger partial charge >= 0.3 is 0 Å². The van der Waals surface area contributed by atoms with Gasteiger partial charge in [0.05, 0.1) is 6.54 Å². The van der Waals surface area contributed by atoms with E-state index in [2.05, 4.69) is 41.2 Å². The van der Waals surface area contributed by atoms with Gasteiger partial charge < -0.3 is 15.2 Å². The lowest BCUT2D eigenvalue weighted by Gasteiger charge is -2.17. The molecule has 0 saturated heterocycles. The zero-order valence-electron chi connectivity index (χ0n) is 10.6. The number of nitrogens with zero attached hydrogens (tertiary/aromatic N) is 2. The molecule has 0 amide bonds. The van der Waals surface area contributed by atoms with Gasteiger partial charge in [0.25, 0.3) is 0 Å². The van der Waals surface area contributed by atoms with E-state index in [-0.39, 0.29) is 0 Å². The molecule has 1 aromatic heterocycles. The highest BCUT2D eigenvalue weighted by Crippen LogP contribution is 2.22. The van der Waals surface area contributed by atoms with Crippen LogP contribution in [0.25, 0.3) is 0 Å². The molecule has 0 aliphatic carbocycles. The van der Waals surface area contributed by atoms with Gasteiger partial charge in [0.2, 0.25) is 0 Å². The Labute approximate surface area is 111 Å². The summed E-state index contributed by atoms with van der Waals surface area (Å²) in [5, 5.41) is 3.67. The highest BCUT2D eigenvalue weighted by molar-refractivity contribution is 7.99. The molecular weight excluding hydrogens is 246 g/mol. The molecule has 0 bridgehead atoms. The van der Waals surface area contributed by atoms with Gasteiger partial charge in [0.1, 0.15) is 0 Å². The van der Waals surface area contributed by atoms with E-state index < -0.39 is 0 Å². The molecule has 0 atom stereocenters. The van der Waals surface area contributed by atoms with Gasteiger partial charge in [-0.25, -0.2) is 0 Å². The van der Waals surface area contributed by atoms with E-state index in [1.165, 1.54) is 4.90 Å². The summed E-state index contributed by atoms with van der Waals surface area (Å²) in [5.41, 5.74) is 6.66. The van der Waals surface area contributed by atoms with Crippen molar-refractivity contribution in [1.29, 1.82) is 0 Å². The second-order valence-corrected chi connectivity index (χ2v) is 5.34. The largest absolute Gasteiger partial charge is 0.381 e. The Hall–Kier alpha value is -1.62. The van der Waals surface area contributed by atoms with Gasteiger partial charge in [-0.05, 0) is 30.0 Å². The number of aromatic nitrogens is 1. The second kappa shape index (κ2) is 5.82. The predicted octanol–water partition coefficient (Wildman–Crippen LogP) is 3.01. The summed E-state index contributed by atoms with van der Waals surface area (Å²) < 4.78 is 5.10. The average Bonchev–Trinajstić information content (AvgIpc) is 2.76. The lowest BCUT2D eigenvalue weighted by atomic mass is 10.3. The molecule has 0 spiro atoms. The van der Waals surface area contributed by atoms with Crippen molar-refractivity contribution in [1.82, 2.24) is 5.16 Å². The van der Waals surface area contributed by atoms with E-state index >= 15 is 0 Å². The predicted molar refractivity (Wildman–Crippen MR) is 75.9 cm³/mol. The minimum absolute atomic E-state index is 0.424. The zero-order chi connectivity index (χ0) is 13.0. The molecular formula is C13H17N3OS. The fourth-order valence-corrected chi connectivity index (χ4v) is 2.35. The van der Waals surface area contributed by atoms with Gasteiger partial charge in [-0.15, -0.1) is 11.8 Å². The van der Waals surface area contributed by atoms with Crippen molar-refractivity contribution < 1.29 is 4.52 Å². The number of hydrogen-bond acceptors (Lipinski definition) is 5. The zero-order valence-corrected chi connectivity index (χ0v) is 11.4. The Morgan fingerprint density at radius 2 is 2.06 bits per heavy atom. The molecule has 1 heterocycles. The fourth-order valence-electron chi connectivity index (χ4n) is 1.69. The second-order valence-electron chi connectivity index (χ2n) is 4.00. The Kier molecular flexibility index (Phi) is 4.15. The molecule has 0 radical (unpaired) electrons. The summed E-state index contributed by atoms with van der Waals surface area (Å²) in [6, 6.07) is 10.2. The van der Waals surface area contributed by atoms with Gasteiger partial charge in [-0.3, -0.25) is 0 Å². The smallest absolute Gasteiger partial charge is 0.167 e. The normalized spacial score (nSPS) is 10.6. The number of hydrogen-bond donors (Lipinski definition) is 1. The number of nitrogen functional groups attached to an aromatic ring is 1. The maximum absolute atomic E-state index is 5.52. The summed E-state index contributed by atoms with van der Waals surface area (Å²) in [6.07, 6.45) is 0. The molecule has 5 heteroatoms. The number of nitrogens with two attached hydrogens (primary N) is 1. The Morgan fingerprint density at radius 1 is 1.33 bits per heavy atom. The van der Waals surface area contributed by atoms with Crippen LogP contribution in [0.4, 0.5) is 11.5 Å². The summed E-state index contributed by atoms with van der Waals surface area (Å²) >= 11 is 1.84. The van der Waals surface area contributed by atoms with E-state index in [4.69, 9.17) is 10.3 Å². The van der Waals surface area contributed by atoms with E-state index in [0.717, 1.165) is 17.2 Å². The van der Waals surface area contributed by atoms with Crippen LogP contribution in [-0.2, 0) is 6.54 Å². The monoisotopic (exact) mass is 263 g/mol. The molecule has 96 valence electrons. The van der Waals surface area contributed by atoms with Gasteiger partial charge in [-0.1, -0.05) is 12.1 Å². The first-order valence-electron chi connectivity index (χ1n) is 5.84. The van der Waals surface area contributed by atoms with Gasteiger partial charge in [-0.2, -0.15) is 0 Å². The van der Waals surface area contributed by atoms with Crippen molar-refractivity contribution in [2.45, 2.75) is 18.4 Å². The summed E-state index contributed by atoms with van der Waals surface area (Å²) in [7, 11) is 2.01. The molecule has 0 aliphatic rings. The van der Waals surface area contributed by atoms with Crippen LogP contribution >= 0.6 is 11.8 Å². The van der Waals surface area contributed by atoms with Crippen LogP contribution in [0.1, 0.15) is 12.7 Å². The third-order valence-electron chi connectivity index (χ3n) is 2.56. The van der Waals surface area contributed by atoms with Crippen molar-refractivity contribution >= 4 is 23.3 Å². The number of anilines is 2. The summed E-state index contributed by atoms with van der Waals surface area (Å²) in [5.74, 6) is 2.28. The molecule has 0 saturated carbocycles. The van der Waals surface area contributed by atoms with Crippen LogP contribution in [0.15, 0.2) is 39.8 Å². The Balaban J connectivity index is 2.02. The maximum atomic E-state index is 5.52. The van der Waals surface area contributed by atoms with Crippen LogP contribution in [0, 0.1) is 0 Å². The minimum Gasteiger partial charge on any atom is -0.381 e. The number of thioether (sulfide) groups is 1. The quantitative estimate of drug-likeness (QED) is 0.840. The first-order valence-corrected chi connectivity index (χ1v) is 6.82. The molecule has 1 aromatic carbocycles. The van der Waals surface area contributed by atoms with Gasteiger partial charge in [0.15, 0.2) is 11.6 Å². The first kappa shape index (κ1) is 12.8. The van der Waals surface area contributed by atoms with E-state index in [9.17, 15) is 0 Å². The first-order chi connectivity index (χ1) is 8.69. The third-order valence-corrected chi connectivity index (χ3v) is 3.45. The molecule has 18 heavy (non-hydrogen) atoms. The van der Waals surface area contributed by atoms with Crippen LogP contribution in [-0.4, -0.2) is 18.0 Å². The van der Waals surface area contributed by atoms with E-state index in [1.54, 1.807) is 6.07 Å². The van der Waals surface area contributed by atoms with Crippen molar-refractivity contribution in [2.24, 2.45) is 0 Å². The van der Waals surface area contributed by atoms with Crippen LogP contribution in [0.3, 0.4) is 0 Å². The standard InChI is InChI=1S/C13H17N3OS/c1-3-18-12-6-4-10(5-7-12)16(2)9-11-8-13(14)15-17-11/h4-8H,3,9H2,1-2H3,(H2,14,15). The minimum atomic E-state index is 0.424. The van der Waals surface area contributed by atoms with Crippen molar-refractivity contribution in [3.63, 3.8) is 0 Å². The number of rotatable bonds is 5. The van der Waals surface area contributed by atoms with Crippen molar-refractivity contribution in [3.05, 3.63) is 36.1 Å². The topological polar surface area (TPSA) is 55.3 Å². The average molecular weight is 263 g/mol. The molecule has 2 aromatic rings. The summed E-state index contributed by atoms with van der Waals surface area (Å²) in [6.45, 7) is 2.81. The van der Waals surface area contributed by atoms with Crippen LogP contribution < -0.4 is 10.6 Å². The molecule has 2 rings (SSSR count). The SMILES string of the molecule is CCSc1ccc(N(C)Cc2cc(N)no2)cc1. The Morgan fingerprint density at radius 3 is 2.61 bits per heavy atom. The van der Waals surface area contributed by atoms with E-state index in [0.29, 0.717) is 12.4 Å². The number of benzene rings is 1. The lowest BCUT2D eigenvalue weighted by Crippen LogP contribution is -2.15. The van der Waals surface area contributed by atoms with Crippen LogP contribution in [0.5, 0.6) is 0 Å². The summed E-state index contributed by atoms with van der Waals surface area (Å²) in [4.78, 5) is 3.39.